The highest BCUT2D eigenvalue weighted by Crippen LogP contribution is 2.29. The van der Waals surface area contributed by atoms with Gasteiger partial charge in [-0.15, -0.1) is 11.3 Å². The van der Waals surface area contributed by atoms with Gasteiger partial charge in [0, 0.05) is 23.3 Å². The van der Waals surface area contributed by atoms with Crippen LogP contribution in [0.5, 0.6) is 0 Å². The number of anilines is 2. The number of thiophene rings is 1. The second-order valence-corrected chi connectivity index (χ2v) is 6.68. The molecule has 126 valence electrons. The maximum atomic E-state index is 12.4. The maximum Gasteiger partial charge on any atom is 0.256 e. The van der Waals surface area contributed by atoms with Crippen LogP contribution in [0.3, 0.4) is 0 Å². The van der Waals surface area contributed by atoms with E-state index >= 15 is 0 Å². The molecular weight excluding hydrogens is 338 g/mol. The van der Waals surface area contributed by atoms with E-state index in [9.17, 15) is 14.4 Å². The zero-order valence-corrected chi connectivity index (χ0v) is 14.4. The zero-order chi connectivity index (χ0) is 18.0. The van der Waals surface area contributed by atoms with Crippen LogP contribution in [0.4, 0.5) is 10.7 Å². The van der Waals surface area contributed by atoms with Crippen LogP contribution in [0.15, 0.2) is 30.3 Å². The first-order chi connectivity index (χ1) is 12.0. The number of rotatable bonds is 4. The monoisotopic (exact) mass is 353 g/mol. The van der Waals surface area contributed by atoms with Crippen LogP contribution < -0.4 is 10.2 Å². The number of hydrogen-bond donors (Lipinski definition) is 1. The number of imide groups is 1. The third-order valence-electron chi connectivity index (χ3n) is 3.92. The molecule has 2 heterocycles. The van der Waals surface area contributed by atoms with Crippen molar-refractivity contribution in [3.8, 4) is 6.07 Å². The van der Waals surface area contributed by atoms with Crippen molar-refractivity contribution >= 4 is 39.7 Å². The number of carbonyl (C=O) groups excluding carboxylic acids is 3. The molecule has 0 saturated carbocycles. The summed E-state index contributed by atoms with van der Waals surface area (Å²) in [5.41, 5.74) is 1.30. The maximum absolute atomic E-state index is 12.4. The molecule has 2 aromatic rings. The molecule has 1 aromatic carbocycles. The Kier molecular flexibility index (Phi) is 4.63. The van der Waals surface area contributed by atoms with E-state index in [0.29, 0.717) is 21.8 Å². The van der Waals surface area contributed by atoms with Crippen molar-refractivity contribution in [1.29, 1.82) is 5.26 Å². The number of hydrogen-bond acceptors (Lipinski definition) is 5. The molecule has 0 bridgehead atoms. The van der Waals surface area contributed by atoms with Crippen LogP contribution in [0.2, 0.25) is 0 Å². The lowest BCUT2D eigenvalue weighted by molar-refractivity contribution is -0.121. The molecule has 1 aromatic heterocycles. The van der Waals surface area contributed by atoms with E-state index in [1.807, 2.05) is 6.92 Å². The summed E-state index contributed by atoms with van der Waals surface area (Å²) in [6.07, 6.45) is 1.23. The highest BCUT2D eigenvalue weighted by molar-refractivity contribution is 7.16. The molecule has 0 atom stereocenters. The minimum atomic E-state index is -0.341. The quantitative estimate of drug-likeness (QED) is 0.855. The van der Waals surface area contributed by atoms with Crippen LogP contribution in [-0.2, 0) is 16.0 Å². The Morgan fingerprint density at radius 2 is 1.88 bits per heavy atom. The van der Waals surface area contributed by atoms with Crippen LogP contribution in [0.25, 0.3) is 0 Å². The molecule has 25 heavy (non-hydrogen) atoms. The Morgan fingerprint density at radius 3 is 2.44 bits per heavy atom. The predicted octanol–water partition coefficient (Wildman–Crippen LogP) is 3.09. The van der Waals surface area contributed by atoms with Gasteiger partial charge in [0.2, 0.25) is 11.8 Å². The van der Waals surface area contributed by atoms with Crippen molar-refractivity contribution in [2.45, 2.75) is 26.2 Å². The largest absolute Gasteiger partial charge is 0.312 e. The number of nitrogens with zero attached hydrogens (tertiary/aromatic N) is 2. The molecule has 0 unspecified atom stereocenters. The van der Waals surface area contributed by atoms with Gasteiger partial charge < -0.3 is 5.32 Å². The SMILES string of the molecule is CCc1cc(C#N)c(NC(=O)c2ccc(N3C(=O)CCC3=O)cc2)s1. The summed E-state index contributed by atoms with van der Waals surface area (Å²) in [6.45, 7) is 1.98. The number of amides is 3. The average molecular weight is 353 g/mol. The highest BCUT2D eigenvalue weighted by Gasteiger charge is 2.30. The standard InChI is InChI=1S/C18H15N3O3S/c1-2-14-9-12(10-19)18(25-14)20-17(24)11-3-5-13(6-4-11)21-15(22)7-8-16(21)23/h3-6,9H,2,7-8H2,1H3,(H,20,24). The number of carbonyl (C=O) groups is 3. The number of nitriles is 1. The number of nitrogens with one attached hydrogen (secondary N) is 1. The molecule has 0 aliphatic carbocycles. The van der Waals surface area contributed by atoms with Crippen molar-refractivity contribution in [2.75, 3.05) is 10.2 Å². The van der Waals surface area contributed by atoms with Crippen molar-refractivity contribution in [3.05, 3.63) is 46.3 Å². The first-order valence-corrected chi connectivity index (χ1v) is 8.65. The molecule has 1 fully saturated rings. The van der Waals surface area contributed by atoms with Gasteiger partial charge in [0.15, 0.2) is 0 Å². The summed E-state index contributed by atoms with van der Waals surface area (Å²) in [5.74, 6) is -0.801. The van der Waals surface area contributed by atoms with Crippen LogP contribution in [0, 0.1) is 11.3 Å². The van der Waals surface area contributed by atoms with Gasteiger partial charge in [0.25, 0.3) is 5.91 Å². The minimum Gasteiger partial charge on any atom is -0.312 e. The lowest BCUT2D eigenvalue weighted by Gasteiger charge is -2.14. The first-order valence-electron chi connectivity index (χ1n) is 7.83. The smallest absolute Gasteiger partial charge is 0.256 e. The van der Waals surface area contributed by atoms with Crippen LogP contribution >= 0.6 is 11.3 Å². The van der Waals surface area contributed by atoms with Crippen molar-refractivity contribution in [3.63, 3.8) is 0 Å². The molecule has 1 aliphatic heterocycles. The molecule has 3 rings (SSSR count). The third kappa shape index (κ3) is 3.30. The van der Waals surface area contributed by atoms with Gasteiger partial charge >= 0.3 is 0 Å². The molecule has 1 saturated heterocycles. The number of aryl methyl sites for hydroxylation is 1. The second kappa shape index (κ2) is 6.87. The fourth-order valence-electron chi connectivity index (χ4n) is 2.59. The number of benzene rings is 1. The normalized spacial score (nSPS) is 13.8. The summed E-state index contributed by atoms with van der Waals surface area (Å²) in [7, 11) is 0. The van der Waals surface area contributed by atoms with E-state index < -0.39 is 0 Å². The molecule has 1 aliphatic rings. The average Bonchev–Trinajstić information content (AvgIpc) is 3.17. The minimum absolute atomic E-state index is 0.218. The van der Waals surface area contributed by atoms with Crippen LogP contribution in [-0.4, -0.2) is 17.7 Å². The fraction of sp³-hybridized carbons (Fsp3) is 0.222. The summed E-state index contributed by atoms with van der Waals surface area (Å²) < 4.78 is 0. The summed E-state index contributed by atoms with van der Waals surface area (Å²) in [6, 6.07) is 10.1. The topological polar surface area (TPSA) is 90.3 Å². The Balaban J connectivity index is 1.77. The molecule has 0 radical (unpaired) electrons. The van der Waals surface area contributed by atoms with E-state index in [0.717, 1.165) is 16.2 Å². The van der Waals surface area contributed by atoms with Crippen molar-refractivity contribution in [1.82, 2.24) is 0 Å². The molecule has 1 N–H and O–H groups in total. The Bertz CT molecular complexity index is 877. The lowest BCUT2D eigenvalue weighted by atomic mass is 10.2. The zero-order valence-electron chi connectivity index (χ0n) is 13.5. The molecule has 7 heteroatoms. The Labute approximate surface area is 148 Å². The summed E-state index contributed by atoms with van der Waals surface area (Å²) in [4.78, 5) is 38.0. The van der Waals surface area contributed by atoms with E-state index in [2.05, 4.69) is 11.4 Å². The summed E-state index contributed by atoms with van der Waals surface area (Å²) in [5, 5.41) is 12.4. The van der Waals surface area contributed by atoms with E-state index in [4.69, 9.17) is 5.26 Å². The van der Waals surface area contributed by atoms with Gasteiger partial charge in [-0.2, -0.15) is 5.26 Å². The van der Waals surface area contributed by atoms with Gasteiger partial charge in [0.1, 0.15) is 11.1 Å². The lowest BCUT2D eigenvalue weighted by Crippen LogP contribution is -2.28. The summed E-state index contributed by atoms with van der Waals surface area (Å²) >= 11 is 1.38. The molecule has 6 nitrogen and oxygen atoms in total. The Hall–Kier alpha value is -2.98. The van der Waals surface area contributed by atoms with E-state index in [-0.39, 0.29) is 30.6 Å². The van der Waals surface area contributed by atoms with Gasteiger partial charge in [-0.05, 0) is 36.8 Å². The van der Waals surface area contributed by atoms with Gasteiger partial charge in [0.05, 0.1) is 11.3 Å². The van der Waals surface area contributed by atoms with E-state index in [1.54, 1.807) is 30.3 Å². The van der Waals surface area contributed by atoms with Crippen LogP contribution in [0.1, 0.15) is 40.6 Å². The molecular formula is C18H15N3O3S. The fourth-order valence-corrected chi connectivity index (χ4v) is 3.54. The molecule has 0 spiro atoms. The van der Waals surface area contributed by atoms with E-state index in [1.165, 1.54) is 11.3 Å². The Morgan fingerprint density at radius 1 is 1.24 bits per heavy atom. The van der Waals surface area contributed by atoms with Crippen molar-refractivity contribution in [2.24, 2.45) is 0 Å². The van der Waals surface area contributed by atoms with Gasteiger partial charge in [-0.1, -0.05) is 6.92 Å². The predicted molar refractivity (Wildman–Crippen MR) is 94.5 cm³/mol. The first kappa shape index (κ1) is 16.9. The van der Waals surface area contributed by atoms with Gasteiger partial charge in [-0.25, -0.2) is 0 Å². The van der Waals surface area contributed by atoms with Gasteiger partial charge in [-0.3, -0.25) is 19.3 Å². The second-order valence-electron chi connectivity index (χ2n) is 5.54. The highest BCUT2D eigenvalue weighted by atomic mass is 32.1. The van der Waals surface area contributed by atoms with Crippen molar-refractivity contribution < 1.29 is 14.4 Å². The third-order valence-corrected chi connectivity index (χ3v) is 5.11. The molecule has 3 amide bonds.